The summed E-state index contributed by atoms with van der Waals surface area (Å²) in [6.45, 7) is 4.87. The van der Waals surface area contributed by atoms with Gasteiger partial charge in [-0.1, -0.05) is 0 Å². The molecule has 0 aromatic rings. The Morgan fingerprint density at radius 3 is 2.68 bits per heavy atom. The molecular formula is C15H24N4O3. The Hall–Kier alpha value is -2.07. The minimum absolute atomic E-state index is 0.0777. The lowest BCUT2D eigenvalue weighted by molar-refractivity contribution is -0.123. The van der Waals surface area contributed by atoms with Gasteiger partial charge in [-0.2, -0.15) is 5.26 Å². The fourth-order valence-electron chi connectivity index (χ4n) is 2.25. The zero-order valence-electron chi connectivity index (χ0n) is 13.0. The van der Waals surface area contributed by atoms with E-state index in [1.54, 1.807) is 6.20 Å². The van der Waals surface area contributed by atoms with Gasteiger partial charge in [0.1, 0.15) is 11.6 Å². The minimum atomic E-state index is -0.379. The third-order valence-electron chi connectivity index (χ3n) is 3.56. The molecule has 0 unspecified atom stereocenters. The highest BCUT2D eigenvalue weighted by molar-refractivity contribution is 5.97. The average molecular weight is 308 g/mol. The van der Waals surface area contributed by atoms with Crippen LogP contribution in [0.5, 0.6) is 0 Å². The highest BCUT2D eigenvalue weighted by atomic mass is 16.5. The Morgan fingerprint density at radius 2 is 2.14 bits per heavy atom. The molecule has 1 heterocycles. The maximum absolute atomic E-state index is 11.9. The number of nitrogens with one attached hydrogen (secondary N) is 1. The molecule has 122 valence electrons. The van der Waals surface area contributed by atoms with Crippen LogP contribution in [0.25, 0.3) is 0 Å². The normalized spacial score (nSPS) is 16.2. The van der Waals surface area contributed by atoms with Crippen LogP contribution in [0.3, 0.4) is 0 Å². The maximum Gasteiger partial charge on any atom is 0.263 e. The van der Waals surface area contributed by atoms with Crippen LogP contribution in [0.2, 0.25) is 0 Å². The van der Waals surface area contributed by atoms with E-state index in [-0.39, 0.29) is 23.3 Å². The summed E-state index contributed by atoms with van der Waals surface area (Å²) in [5.41, 5.74) is 5.36. The molecule has 0 aliphatic carbocycles. The predicted octanol–water partition coefficient (Wildman–Crippen LogP) is 0.134. The lowest BCUT2D eigenvalue weighted by atomic mass is 9.96. The van der Waals surface area contributed by atoms with Gasteiger partial charge in [0.25, 0.3) is 5.91 Å². The summed E-state index contributed by atoms with van der Waals surface area (Å²) in [7, 11) is 0. The number of nitriles is 1. The van der Waals surface area contributed by atoms with Crippen molar-refractivity contribution in [2.75, 3.05) is 32.8 Å². The minimum Gasteiger partial charge on any atom is -0.382 e. The Bertz CT molecular complexity index is 448. The lowest BCUT2D eigenvalue weighted by Crippen LogP contribution is -2.36. The van der Waals surface area contributed by atoms with Crippen molar-refractivity contribution in [3.05, 3.63) is 11.8 Å². The van der Waals surface area contributed by atoms with E-state index in [1.807, 2.05) is 17.9 Å². The Kier molecular flexibility index (Phi) is 8.00. The zero-order chi connectivity index (χ0) is 16.4. The third-order valence-corrected chi connectivity index (χ3v) is 3.56. The van der Waals surface area contributed by atoms with Gasteiger partial charge in [0.2, 0.25) is 5.91 Å². The number of nitrogens with two attached hydrogens (primary N) is 1. The van der Waals surface area contributed by atoms with Crippen LogP contribution < -0.4 is 11.1 Å². The van der Waals surface area contributed by atoms with E-state index in [2.05, 4.69) is 5.32 Å². The largest absolute Gasteiger partial charge is 0.382 e. The highest BCUT2D eigenvalue weighted by Gasteiger charge is 2.22. The van der Waals surface area contributed by atoms with E-state index in [0.717, 1.165) is 0 Å². The molecule has 0 aromatic heterocycles. The first kappa shape index (κ1) is 18.0. The number of piperidine rings is 1. The number of rotatable bonds is 8. The van der Waals surface area contributed by atoms with Gasteiger partial charge in [-0.25, -0.2) is 0 Å². The first-order chi connectivity index (χ1) is 10.6. The molecule has 1 aliphatic heterocycles. The van der Waals surface area contributed by atoms with Crippen molar-refractivity contribution in [3.8, 4) is 6.07 Å². The van der Waals surface area contributed by atoms with Crippen LogP contribution in [-0.4, -0.2) is 49.6 Å². The van der Waals surface area contributed by atoms with Gasteiger partial charge in [-0.15, -0.1) is 0 Å². The van der Waals surface area contributed by atoms with Crippen molar-refractivity contribution < 1.29 is 14.3 Å². The fourth-order valence-corrected chi connectivity index (χ4v) is 2.25. The van der Waals surface area contributed by atoms with Crippen molar-refractivity contribution >= 4 is 11.8 Å². The van der Waals surface area contributed by atoms with Crippen molar-refractivity contribution in [1.29, 1.82) is 5.26 Å². The van der Waals surface area contributed by atoms with Gasteiger partial charge < -0.3 is 20.7 Å². The molecule has 7 heteroatoms. The van der Waals surface area contributed by atoms with Crippen molar-refractivity contribution in [2.45, 2.75) is 26.2 Å². The number of nitrogens with zero attached hydrogens (tertiary/aromatic N) is 2. The topological polar surface area (TPSA) is 108 Å². The molecule has 7 nitrogen and oxygen atoms in total. The van der Waals surface area contributed by atoms with Gasteiger partial charge in [0, 0.05) is 45.0 Å². The van der Waals surface area contributed by atoms with Crippen LogP contribution in [0.1, 0.15) is 26.2 Å². The second-order valence-electron chi connectivity index (χ2n) is 5.17. The standard InChI is InChI=1S/C15H24N4O3/c1-2-22-9-3-6-18-15(21)13(10-16)11-19-7-4-12(5-8-19)14(17)20/h11-12H,2-9H2,1H3,(H2,17,20)(H,18,21)/b13-11-. The molecule has 1 fully saturated rings. The molecule has 0 saturated carbocycles. The summed E-state index contributed by atoms with van der Waals surface area (Å²) in [6.07, 6.45) is 3.58. The molecule has 0 radical (unpaired) electrons. The fraction of sp³-hybridized carbons (Fsp3) is 0.667. The maximum atomic E-state index is 11.9. The average Bonchev–Trinajstić information content (AvgIpc) is 2.52. The van der Waals surface area contributed by atoms with Crippen molar-refractivity contribution in [1.82, 2.24) is 10.2 Å². The summed E-state index contributed by atoms with van der Waals surface area (Å²) in [4.78, 5) is 24.9. The van der Waals surface area contributed by atoms with Gasteiger partial charge in [-0.3, -0.25) is 9.59 Å². The summed E-state index contributed by atoms with van der Waals surface area (Å²) >= 11 is 0. The van der Waals surface area contributed by atoms with Gasteiger partial charge in [0.15, 0.2) is 0 Å². The van der Waals surface area contributed by atoms with Gasteiger partial charge >= 0.3 is 0 Å². The smallest absolute Gasteiger partial charge is 0.263 e. The summed E-state index contributed by atoms with van der Waals surface area (Å²) in [5, 5.41) is 11.8. The number of likely N-dealkylation sites (tertiary alicyclic amines) is 1. The Labute approximate surface area is 131 Å². The molecule has 1 aliphatic rings. The zero-order valence-corrected chi connectivity index (χ0v) is 13.0. The molecule has 1 saturated heterocycles. The van der Waals surface area contributed by atoms with Crippen LogP contribution in [-0.2, 0) is 14.3 Å². The molecule has 0 aromatic carbocycles. The summed E-state index contributed by atoms with van der Waals surface area (Å²) in [6, 6.07) is 1.92. The van der Waals surface area contributed by atoms with E-state index < -0.39 is 0 Å². The molecule has 3 N–H and O–H groups in total. The van der Waals surface area contributed by atoms with E-state index in [0.29, 0.717) is 52.1 Å². The molecule has 0 spiro atoms. The van der Waals surface area contributed by atoms with Crippen molar-refractivity contribution in [3.63, 3.8) is 0 Å². The van der Waals surface area contributed by atoms with E-state index in [4.69, 9.17) is 15.7 Å². The van der Waals surface area contributed by atoms with Gasteiger partial charge in [0.05, 0.1) is 0 Å². The molecule has 0 bridgehead atoms. The van der Waals surface area contributed by atoms with E-state index in [1.165, 1.54) is 0 Å². The Morgan fingerprint density at radius 1 is 1.45 bits per heavy atom. The quantitative estimate of drug-likeness (QED) is 0.376. The van der Waals surface area contributed by atoms with Crippen LogP contribution in [0.15, 0.2) is 11.8 Å². The van der Waals surface area contributed by atoms with E-state index in [9.17, 15) is 9.59 Å². The summed E-state index contributed by atoms with van der Waals surface area (Å²) in [5.74, 6) is -0.769. The SMILES string of the molecule is CCOCCCNC(=O)/C(C#N)=C\N1CCC(C(N)=O)CC1. The number of ether oxygens (including phenoxy) is 1. The molecular weight excluding hydrogens is 284 g/mol. The van der Waals surface area contributed by atoms with Crippen LogP contribution in [0, 0.1) is 17.2 Å². The number of primary amides is 1. The van der Waals surface area contributed by atoms with E-state index >= 15 is 0 Å². The van der Waals surface area contributed by atoms with Crippen LogP contribution in [0.4, 0.5) is 0 Å². The lowest BCUT2D eigenvalue weighted by Gasteiger charge is -2.29. The third kappa shape index (κ3) is 6.14. The molecule has 2 amide bonds. The second kappa shape index (κ2) is 9.79. The molecule has 0 atom stereocenters. The number of carbonyl (C=O) groups excluding carboxylic acids is 2. The number of hydrogen-bond acceptors (Lipinski definition) is 5. The first-order valence-corrected chi connectivity index (χ1v) is 7.59. The molecule has 1 rings (SSSR count). The van der Waals surface area contributed by atoms with Gasteiger partial charge in [-0.05, 0) is 26.2 Å². The monoisotopic (exact) mass is 308 g/mol. The Balaban J connectivity index is 2.41. The summed E-state index contributed by atoms with van der Waals surface area (Å²) < 4.78 is 5.18. The first-order valence-electron chi connectivity index (χ1n) is 7.59. The number of amides is 2. The highest BCUT2D eigenvalue weighted by Crippen LogP contribution is 2.17. The number of hydrogen-bond donors (Lipinski definition) is 2. The van der Waals surface area contributed by atoms with Crippen LogP contribution >= 0.6 is 0 Å². The second-order valence-corrected chi connectivity index (χ2v) is 5.17. The predicted molar refractivity (Wildman–Crippen MR) is 81.3 cm³/mol. The molecule has 22 heavy (non-hydrogen) atoms. The number of carbonyl (C=O) groups is 2. The van der Waals surface area contributed by atoms with Crippen molar-refractivity contribution in [2.24, 2.45) is 11.7 Å².